The molecular formula is C20H28N4O3. The van der Waals surface area contributed by atoms with E-state index in [9.17, 15) is 4.79 Å². The van der Waals surface area contributed by atoms with Crippen molar-refractivity contribution < 1.29 is 13.9 Å². The molecule has 7 nitrogen and oxygen atoms in total. The number of aliphatic imine (C=N–C) groups is 1. The van der Waals surface area contributed by atoms with E-state index in [-0.39, 0.29) is 12.5 Å². The Bertz CT molecular complexity index is 773. The van der Waals surface area contributed by atoms with Gasteiger partial charge in [-0.05, 0) is 46.8 Å². The second-order valence-electron chi connectivity index (χ2n) is 7.15. The molecule has 2 N–H and O–H groups in total. The van der Waals surface area contributed by atoms with E-state index in [1.807, 2.05) is 58.9 Å². The van der Waals surface area contributed by atoms with Crippen LogP contribution in [-0.4, -0.2) is 35.6 Å². The Morgan fingerprint density at radius 1 is 1.22 bits per heavy atom. The zero-order chi connectivity index (χ0) is 19.9. The van der Waals surface area contributed by atoms with Crippen molar-refractivity contribution in [1.29, 1.82) is 0 Å². The minimum atomic E-state index is -0.513. The smallest absolute Gasteiger partial charge is 0.325 e. The first-order valence-corrected chi connectivity index (χ1v) is 9.02. The number of hydrogen-bond acceptors (Lipinski definition) is 5. The largest absolute Gasteiger partial charge is 0.459 e. The Hall–Kier alpha value is -2.83. The number of aryl methyl sites for hydroxylation is 1. The van der Waals surface area contributed by atoms with Crippen LogP contribution in [0.5, 0.6) is 0 Å². The molecule has 0 unspecified atom stereocenters. The number of hydrogen-bond donors (Lipinski definition) is 2. The van der Waals surface area contributed by atoms with Crippen molar-refractivity contribution in [2.24, 2.45) is 4.99 Å². The first-order valence-electron chi connectivity index (χ1n) is 9.02. The third-order valence-corrected chi connectivity index (χ3v) is 3.41. The van der Waals surface area contributed by atoms with Crippen LogP contribution in [0.3, 0.4) is 0 Å². The van der Waals surface area contributed by atoms with E-state index >= 15 is 0 Å². The highest BCUT2D eigenvalue weighted by Crippen LogP contribution is 2.19. The van der Waals surface area contributed by atoms with Crippen LogP contribution in [0.15, 0.2) is 39.9 Å². The molecule has 0 fully saturated rings. The summed E-state index contributed by atoms with van der Waals surface area (Å²) in [6.45, 7) is 10.5. The fourth-order valence-corrected chi connectivity index (χ4v) is 2.24. The summed E-state index contributed by atoms with van der Waals surface area (Å²) in [5, 5.41) is 6.05. The minimum Gasteiger partial charge on any atom is -0.459 e. The zero-order valence-electron chi connectivity index (χ0n) is 16.6. The quantitative estimate of drug-likeness (QED) is 0.460. The fraction of sp³-hybridized carbons (Fsp3) is 0.450. The standard InChI is InChI=1S/C20H28N4O3/c1-6-21-19(23-12-17(25)27-20(3,4)5)22-11-16-13-26-18(24-16)15-9-7-14(2)8-10-15/h7-10,13H,6,11-12H2,1-5H3,(H2,21,22,23). The molecule has 0 saturated carbocycles. The Balaban J connectivity index is 1.96. The van der Waals surface area contributed by atoms with E-state index in [0.29, 0.717) is 30.6 Å². The fourth-order valence-electron chi connectivity index (χ4n) is 2.24. The number of aromatic nitrogens is 1. The third kappa shape index (κ3) is 7.13. The second kappa shape index (κ2) is 9.21. The minimum absolute atomic E-state index is 0.0382. The molecule has 2 aromatic rings. The summed E-state index contributed by atoms with van der Waals surface area (Å²) in [6.07, 6.45) is 1.59. The Morgan fingerprint density at radius 2 is 1.93 bits per heavy atom. The Kier molecular flexibility index (Phi) is 6.98. The normalized spacial score (nSPS) is 12.0. The molecule has 0 aliphatic carbocycles. The van der Waals surface area contributed by atoms with Crippen LogP contribution in [0.4, 0.5) is 0 Å². The van der Waals surface area contributed by atoms with Crippen LogP contribution >= 0.6 is 0 Å². The molecule has 0 amide bonds. The van der Waals surface area contributed by atoms with Crippen LogP contribution in [0.2, 0.25) is 0 Å². The molecule has 1 aromatic heterocycles. The number of benzene rings is 1. The predicted octanol–water partition coefficient (Wildman–Crippen LogP) is 3.05. The van der Waals surface area contributed by atoms with Gasteiger partial charge >= 0.3 is 5.97 Å². The van der Waals surface area contributed by atoms with Crippen molar-refractivity contribution in [3.05, 3.63) is 41.8 Å². The highest BCUT2D eigenvalue weighted by Gasteiger charge is 2.16. The van der Waals surface area contributed by atoms with E-state index in [1.165, 1.54) is 5.56 Å². The number of nitrogens with one attached hydrogen (secondary N) is 2. The lowest BCUT2D eigenvalue weighted by Crippen LogP contribution is -2.41. The van der Waals surface area contributed by atoms with Crippen molar-refractivity contribution in [1.82, 2.24) is 15.6 Å². The van der Waals surface area contributed by atoms with E-state index in [0.717, 1.165) is 5.56 Å². The van der Waals surface area contributed by atoms with E-state index in [2.05, 4.69) is 20.6 Å². The third-order valence-electron chi connectivity index (χ3n) is 3.41. The molecule has 7 heteroatoms. The van der Waals surface area contributed by atoms with Gasteiger partial charge in [-0.1, -0.05) is 17.7 Å². The maximum Gasteiger partial charge on any atom is 0.325 e. The monoisotopic (exact) mass is 372 g/mol. The van der Waals surface area contributed by atoms with Crippen molar-refractivity contribution >= 4 is 11.9 Å². The maximum atomic E-state index is 11.8. The summed E-state index contributed by atoms with van der Waals surface area (Å²) in [5.41, 5.74) is 2.30. The molecule has 146 valence electrons. The number of carbonyl (C=O) groups excluding carboxylic acids is 1. The summed E-state index contributed by atoms with van der Waals surface area (Å²) in [5.74, 6) is 0.742. The summed E-state index contributed by atoms with van der Waals surface area (Å²) >= 11 is 0. The highest BCUT2D eigenvalue weighted by atomic mass is 16.6. The molecule has 27 heavy (non-hydrogen) atoms. The molecule has 1 heterocycles. The Labute approximate surface area is 160 Å². The van der Waals surface area contributed by atoms with Gasteiger partial charge in [0.2, 0.25) is 5.89 Å². The molecule has 0 aliphatic heterocycles. The van der Waals surface area contributed by atoms with Crippen LogP contribution in [0.25, 0.3) is 11.5 Å². The number of esters is 1. The van der Waals surface area contributed by atoms with Gasteiger partial charge in [0.15, 0.2) is 5.96 Å². The number of oxazole rings is 1. The van der Waals surface area contributed by atoms with Gasteiger partial charge in [-0.2, -0.15) is 0 Å². The van der Waals surface area contributed by atoms with Gasteiger partial charge in [-0.3, -0.25) is 4.79 Å². The summed E-state index contributed by atoms with van der Waals surface area (Å²) in [6, 6.07) is 7.98. The molecule has 0 atom stereocenters. The molecule has 0 bridgehead atoms. The van der Waals surface area contributed by atoms with Gasteiger partial charge in [-0.15, -0.1) is 0 Å². The van der Waals surface area contributed by atoms with E-state index < -0.39 is 5.60 Å². The maximum absolute atomic E-state index is 11.8. The molecule has 0 radical (unpaired) electrons. The first-order chi connectivity index (χ1) is 12.8. The van der Waals surface area contributed by atoms with Gasteiger partial charge < -0.3 is 19.8 Å². The first kappa shape index (κ1) is 20.5. The second-order valence-corrected chi connectivity index (χ2v) is 7.15. The molecule has 2 rings (SSSR count). The van der Waals surface area contributed by atoms with Crippen LogP contribution in [-0.2, 0) is 16.1 Å². The number of ether oxygens (including phenoxy) is 1. The van der Waals surface area contributed by atoms with Gasteiger partial charge in [0.25, 0.3) is 0 Å². The summed E-state index contributed by atoms with van der Waals surface area (Å²) in [7, 11) is 0. The van der Waals surface area contributed by atoms with Crippen molar-refractivity contribution in [3.63, 3.8) is 0 Å². The summed E-state index contributed by atoms with van der Waals surface area (Å²) in [4.78, 5) is 20.7. The zero-order valence-corrected chi connectivity index (χ0v) is 16.6. The molecular weight excluding hydrogens is 344 g/mol. The Morgan fingerprint density at radius 3 is 2.56 bits per heavy atom. The average Bonchev–Trinajstić information content (AvgIpc) is 3.05. The number of carbonyl (C=O) groups is 1. The molecule has 0 aliphatic rings. The predicted molar refractivity (Wildman–Crippen MR) is 105 cm³/mol. The van der Waals surface area contributed by atoms with Gasteiger partial charge in [0.1, 0.15) is 24.1 Å². The lowest BCUT2D eigenvalue weighted by molar-refractivity contribution is -0.153. The molecule has 0 saturated heterocycles. The summed E-state index contributed by atoms with van der Waals surface area (Å²) < 4.78 is 10.8. The number of guanidine groups is 1. The van der Waals surface area contributed by atoms with E-state index in [1.54, 1.807) is 6.26 Å². The van der Waals surface area contributed by atoms with Crippen molar-refractivity contribution in [2.75, 3.05) is 13.1 Å². The lowest BCUT2D eigenvalue weighted by atomic mass is 10.1. The lowest BCUT2D eigenvalue weighted by Gasteiger charge is -2.20. The number of nitrogens with zero attached hydrogens (tertiary/aromatic N) is 2. The number of rotatable bonds is 6. The van der Waals surface area contributed by atoms with Gasteiger partial charge in [0.05, 0.1) is 6.54 Å². The SMILES string of the molecule is CCNC(=NCc1coc(-c2ccc(C)cc2)n1)NCC(=O)OC(C)(C)C. The van der Waals surface area contributed by atoms with Gasteiger partial charge in [0, 0.05) is 12.1 Å². The van der Waals surface area contributed by atoms with Crippen molar-refractivity contribution in [3.8, 4) is 11.5 Å². The highest BCUT2D eigenvalue weighted by molar-refractivity contribution is 5.84. The molecule has 1 aromatic carbocycles. The topological polar surface area (TPSA) is 88.8 Å². The van der Waals surface area contributed by atoms with Crippen LogP contribution < -0.4 is 10.6 Å². The molecule has 0 spiro atoms. The van der Waals surface area contributed by atoms with Crippen LogP contribution in [0.1, 0.15) is 39.0 Å². The van der Waals surface area contributed by atoms with Crippen molar-refractivity contribution in [2.45, 2.75) is 46.8 Å². The van der Waals surface area contributed by atoms with Crippen LogP contribution in [0, 0.1) is 6.92 Å². The van der Waals surface area contributed by atoms with E-state index in [4.69, 9.17) is 9.15 Å². The van der Waals surface area contributed by atoms with Gasteiger partial charge in [-0.25, -0.2) is 9.98 Å². The average molecular weight is 372 g/mol.